The van der Waals surface area contributed by atoms with Crippen LogP contribution in [-0.2, 0) is 0 Å². The normalized spacial score (nSPS) is 11.2. The van der Waals surface area contributed by atoms with Gasteiger partial charge in [0.2, 0.25) is 0 Å². The van der Waals surface area contributed by atoms with Crippen LogP contribution in [0, 0.1) is 0 Å². The summed E-state index contributed by atoms with van der Waals surface area (Å²) in [5.41, 5.74) is 4.46. The molecule has 0 saturated heterocycles. The zero-order valence-electron chi connectivity index (χ0n) is 14.6. The highest BCUT2D eigenvalue weighted by Crippen LogP contribution is 2.25. The summed E-state index contributed by atoms with van der Waals surface area (Å²) in [5.74, 6) is 1.08. The smallest absolute Gasteiger partial charge is 0.154 e. The zero-order valence-corrected chi connectivity index (χ0v) is 14.6. The topological polar surface area (TPSA) is 59.7 Å². The van der Waals surface area contributed by atoms with Gasteiger partial charge in [-0.15, -0.1) is 0 Å². The summed E-state index contributed by atoms with van der Waals surface area (Å²) in [5, 5.41) is 14.2. The third-order valence-electron chi connectivity index (χ3n) is 4.05. The van der Waals surface area contributed by atoms with E-state index in [2.05, 4.69) is 4.98 Å². The molecule has 0 aliphatic heterocycles. The van der Waals surface area contributed by atoms with Gasteiger partial charge in [0.05, 0.1) is 23.7 Å². The van der Waals surface area contributed by atoms with Gasteiger partial charge in [-0.25, -0.2) is 9.50 Å². The molecule has 2 aromatic carbocycles. The Kier molecular flexibility index (Phi) is 4.05. The minimum Gasteiger partial charge on any atom is -0.508 e. The number of benzene rings is 2. The molecule has 0 amide bonds. The van der Waals surface area contributed by atoms with Crippen molar-refractivity contribution < 1.29 is 9.84 Å². The lowest BCUT2D eigenvalue weighted by Gasteiger charge is -2.10. The van der Waals surface area contributed by atoms with Gasteiger partial charge >= 0.3 is 0 Å². The second-order valence-electron chi connectivity index (χ2n) is 6.37. The molecule has 5 nitrogen and oxygen atoms in total. The first-order chi connectivity index (χ1) is 12.6. The Bertz CT molecular complexity index is 1040. The van der Waals surface area contributed by atoms with Crippen LogP contribution in [0.2, 0.25) is 0 Å². The van der Waals surface area contributed by atoms with Crippen molar-refractivity contribution in [3.8, 4) is 34.0 Å². The van der Waals surface area contributed by atoms with Crippen LogP contribution in [0.4, 0.5) is 0 Å². The molecule has 0 saturated carbocycles. The monoisotopic (exact) mass is 345 g/mol. The van der Waals surface area contributed by atoms with Gasteiger partial charge < -0.3 is 9.84 Å². The Morgan fingerprint density at radius 3 is 2.27 bits per heavy atom. The van der Waals surface area contributed by atoms with E-state index in [9.17, 15) is 5.11 Å². The van der Waals surface area contributed by atoms with Crippen LogP contribution in [0.1, 0.15) is 13.8 Å². The van der Waals surface area contributed by atoms with E-state index in [0.717, 1.165) is 33.9 Å². The van der Waals surface area contributed by atoms with Crippen LogP contribution in [-0.4, -0.2) is 25.8 Å². The summed E-state index contributed by atoms with van der Waals surface area (Å²) in [6.45, 7) is 4.01. The van der Waals surface area contributed by atoms with Crippen molar-refractivity contribution in [1.29, 1.82) is 0 Å². The van der Waals surface area contributed by atoms with Gasteiger partial charge in [-0.2, -0.15) is 5.10 Å². The molecule has 0 unspecified atom stereocenters. The van der Waals surface area contributed by atoms with Gasteiger partial charge in [0.1, 0.15) is 11.5 Å². The summed E-state index contributed by atoms with van der Waals surface area (Å²) in [4.78, 5) is 4.42. The van der Waals surface area contributed by atoms with Crippen LogP contribution in [0.15, 0.2) is 66.9 Å². The van der Waals surface area contributed by atoms with E-state index in [4.69, 9.17) is 9.84 Å². The lowest BCUT2D eigenvalue weighted by atomic mass is 10.1. The Hall–Kier alpha value is -3.34. The third kappa shape index (κ3) is 3.11. The van der Waals surface area contributed by atoms with Crippen LogP contribution in [0.25, 0.3) is 28.2 Å². The summed E-state index contributed by atoms with van der Waals surface area (Å²) in [6, 6.07) is 18.8. The number of nitrogens with zero attached hydrogens (tertiary/aromatic N) is 3. The summed E-state index contributed by atoms with van der Waals surface area (Å²) in [7, 11) is 0. The molecule has 4 aromatic rings. The van der Waals surface area contributed by atoms with Crippen molar-refractivity contribution in [1.82, 2.24) is 14.6 Å². The Labute approximate surface area is 151 Å². The maximum Gasteiger partial charge on any atom is 0.154 e. The molecule has 0 aliphatic carbocycles. The van der Waals surface area contributed by atoms with Crippen molar-refractivity contribution in [2.24, 2.45) is 0 Å². The molecule has 0 radical (unpaired) electrons. The predicted molar refractivity (Wildman–Crippen MR) is 101 cm³/mol. The first-order valence-corrected chi connectivity index (χ1v) is 8.51. The first-order valence-electron chi connectivity index (χ1n) is 8.51. The zero-order chi connectivity index (χ0) is 18.1. The van der Waals surface area contributed by atoms with Gasteiger partial charge in [-0.1, -0.05) is 0 Å². The maximum absolute atomic E-state index is 9.49. The van der Waals surface area contributed by atoms with E-state index >= 15 is 0 Å². The van der Waals surface area contributed by atoms with Crippen molar-refractivity contribution in [2.75, 3.05) is 0 Å². The molecular formula is C21H19N3O2. The molecule has 0 bridgehead atoms. The molecule has 0 spiro atoms. The number of phenolic OH excluding ortho intramolecular Hbond substituents is 1. The fourth-order valence-electron chi connectivity index (χ4n) is 2.83. The molecule has 26 heavy (non-hydrogen) atoms. The molecule has 1 N–H and O–H groups in total. The summed E-state index contributed by atoms with van der Waals surface area (Å²) < 4.78 is 7.51. The Morgan fingerprint density at radius 1 is 0.885 bits per heavy atom. The molecule has 2 aromatic heterocycles. The molecule has 0 atom stereocenters. The highest BCUT2D eigenvalue weighted by atomic mass is 16.5. The lowest BCUT2D eigenvalue weighted by molar-refractivity contribution is 0.242. The van der Waals surface area contributed by atoms with E-state index in [1.807, 2.05) is 66.9 Å². The predicted octanol–water partition coefficient (Wildman–Crippen LogP) is 4.56. The Morgan fingerprint density at radius 2 is 1.58 bits per heavy atom. The van der Waals surface area contributed by atoms with Crippen molar-refractivity contribution in [3.05, 3.63) is 66.9 Å². The number of phenols is 1. The Balaban J connectivity index is 1.73. The second kappa shape index (κ2) is 6.52. The number of aromatic nitrogens is 3. The number of imidazole rings is 1. The highest BCUT2D eigenvalue weighted by molar-refractivity contribution is 5.66. The molecule has 2 heterocycles. The van der Waals surface area contributed by atoms with Gasteiger partial charge in [0, 0.05) is 11.1 Å². The minimum absolute atomic E-state index is 0.147. The second-order valence-corrected chi connectivity index (χ2v) is 6.37. The van der Waals surface area contributed by atoms with Crippen LogP contribution >= 0.6 is 0 Å². The first kappa shape index (κ1) is 16.1. The number of hydrogen-bond donors (Lipinski definition) is 1. The molecule has 4 rings (SSSR count). The highest BCUT2D eigenvalue weighted by Gasteiger charge is 2.09. The quantitative estimate of drug-likeness (QED) is 0.589. The van der Waals surface area contributed by atoms with E-state index in [0.29, 0.717) is 0 Å². The van der Waals surface area contributed by atoms with E-state index < -0.39 is 0 Å². The fraction of sp³-hybridized carbons (Fsp3) is 0.143. The molecule has 0 aliphatic rings. The molecule has 5 heteroatoms. The van der Waals surface area contributed by atoms with E-state index in [1.54, 1.807) is 18.3 Å². The van der Waals surface area contributed by atoms with Gasteiger partial charge in [0.15, 0.2) is 5.65 Å². The van der Waals surface area contributed by atoms with Crippen molar-refractivity contribution in [3.63, 3.8) is 0 Å². The fourth-order valence-corrected chi connectivity index (χ4v) is 2.83. The van der Waals surface area contributed by atoms with Crippen molar-refractivity contribution >= 4 is 5.65 Å². The number of ether oxygens (including phenoxy) is 1. The van der Waals surface area contributed by atoms with Crippen LogP contribution in [0.3, 0.4) is 0 Å². The number of aromatic hydroxyl groups is 1. The minimum atomic E-state index is 0.147. The molecule has 0 fully saturated rings. The van der Waals surface area contributed by atoms with Crippen molar-refractivity contribution in [2.45, 2.75) is 20.0 Å². The molecule has 130 valence electrons. The SMILES string of the molecule is CC(C)Oc1ccc(-c2ccc3ncc(-c4ccc(O)cc4)n3n2)cc1. The number of rotatable bonds is 4. The van der Waals surface area contributed by atoms with Gasteiger partial charge in [-0.05, 0) is 74.5 Å². The van der Waals surface area contributed by atoms with E-state index in [1.165, 1.54) is 0 Å². The number of fused-ring (bicyclic) bond motifs is 1. The molecular weight excluding hydrogens is 326 g/mol. The van der Waals surface area contributed by atoms with Crippen LogP contribution in [0.5, 0.6) is 11.5 Å². The standard InChI is InChI=1S/C21H19N3O2/c1-14(2)26-18-9-5-15(6-10-18)19-11-12-21-22-13-20(24(21)23-19)16-3-7-17(25)8-4-16/h3-14,25H,1-2H3. The van der Waals surface area contributed by atoms with Gasteiger partial charge in [-0.3, -0.25) is 0 Å². The average molecular weight is 345 g/mol. The van der Waals surface area contributed by atoms with Gasteiger partial charge in [0.25, 0.3) is 0 Å². The summed E-state index contributed by atoms with van der Waals surface area (Å²) >= 11 is 0. The number of hydrogen-bond acceptors (Lipinski definition) is 4. The van der Waals surface area contributed by atoms with Crippen LogP contribution < -0.4 is 4.74 Å². The average Bonchev–Trinajstić information content (AvgIpc) is 3.06. The largest absolute Gasteiger partial charge is 0.508 e. The maximum atomic E-state index is 9.49. The lowest BCUT2D eigenvalue weighted by Crippen LogP contribution is -2.05. The summed E-state index contributed by atoms with van der Waals surface area (Å²) in [6.07, 6.45) is 1.94. The van der Waals surface area contributed by atoms with E-state index in [-0.39, 0.29) is 11.9 Å². The third-order valence-corrected chi connectivity index (χ3v) is 4.05.